The minimum absolute atomic E-state index is 0.209. The topological polar surface area (TPSA) is 64.7 Å². The third-order valence-electron chi connectivity index (χ3n) is 2.32. The summed E-state index contributed by atoms with van der Waals surface area (Å²) in [5, 5.41) is 9.87. The lowest BCUT2D eigenvalue weighted by atomic mass is 10.1. The second-order valence-corrected chi connectivity index (χ2v) is 4.17. The van der Waals surface area contributed by atoms with Crippen molar-refractivity contribution in [3.8, 4) is 17.2 Å². The molecule has 1 aliphatic rings. The van der Waals surface area contributed by atoms with Crippen LogP contribution in [0.3, 0.4) is 0 Å². The molecule has 15 heavy (non-hydrogen) atoms. The first-order valence-corrected chi connectivity index (χ1v) is 5.53. The largest absolute Gasteiger partial charge is 0.506 e. The van der Waals surface area contributed by atoms with Gasteiger partial charge in [-0.1, -0.05) is 0 Å². The van der Waals surface area contributed by atoms with Crippen molar-refractivity contribution in [2.24, 2.45) is 5.73 Å². The molecule has 1 aromatic carbocycles. The van der Waals surface area contributed by atoms with Gasteiger partial charge in [0.15, 0.2) is 11.5 Å². The standard InChI is InChI=1S/C10H12BrNO3/c11-7-4-8-10(15-5-14-8)6(9(7)13)2-1-3-12/h4,13H,1-3,5,12H2. The lowest BCUT2D eigenvalue weighted by Gasteiger charge is -2.09. The number of halogens is 1. The molecule has 2 rings (SSSR count). The Hall–Kier alpha value is -0.940. The Kier molecular flexibility index (Phi) is 3.02. The summed E-state index contributed by atoms with van der Waals surface area (Å²) in [6, 6.07) is 1.71. The van der Waals surface area contributed by atoms with E-state index in [4.69, 9.17) is 15.2 Å². The van der Waals surface area contributed by atoms with Crippen molar-refractivity contribution in [1.82, 2.24) is 0 Å². The number of hydrogen-bond acceptors (Lipinski definition) is 4. The SMILES string of the molecule is NCCCc1c(O)c(Br)cc2c1OCO2. The second kappa shape index (κ2) is 4.28. The van der Waals surface area contributed by atoms with Crippen LogP contribution >= 0.6 is 15.9 Å². The second-order valence-electron chi connectivity index (χ2n) is 3.31. The first-order chi connectivity index (χ1) is 7.24. The van der Waals surface area contributed by atoms with Gasteiger partial charge < -0.3 is 20.3 Å². The average Bonchev–Trinajstić information content (AvgIpc) is 2.66. The van der Waals surface area contributed by atoms with E-state index in [9.17, 15) is 5.11 Å². The molecule has 0 unspecified atom stereocenters. The summed E-state index contributed by atoms with van der Waals surface area (Å²) < 4.78 is 11.2. The first kappa shape index (κ1) is 10.6. The van der Waals surface area contributed by atoms with Gasteiger partial charge in [0.1, 0.15) is 5.75 Å². The molecule has 1 heterocycles. The molecule has 4 nitrogen and oxygen atoms in total. The number of phenols is 1. The molecule has 0 aliphatic carbocycles. The molecular weight excluding hydrogens is 262 g/mol. The van der Waals surface area contributed by atoms with Gasteiger partial charge in [-0.25, -0.2) is 0 Å². The minimum atomic E-state index is 0.209. The number of fused-ring (bicyclic) bond motifs is 1. The number of aromatic hydroxyl groups is 1. The van der Waals surface area contributed by atoms with E-state index in [1.807, 2.05) is 0 Å². The zero-order chi connectivity index (χ0) is 10.8. The lowest BCUT2D eigenvalue weighted by Crippen LogP contribution is -2.01. The smallest absolute Gasteiger partial charge is 0.231 e. The Morgan fingerprint density at radius 3 is 3.00 bits per heavy atom. The molecule has 0 atom stereocenters. The van der Waals surface area contributed by atoms with Crippen LogP contribution in [0.15, 0.2) is 10.5 Å². The zero-order valence-electron chi connectivity index (χ0n) is 8.12. The fourth-order valence-electron chi connectivity index (χ4n) is 1.58. The van der Waals surface area contributed by atoms with Gasteiger partial charge in [0.05, 0.1) is 4.47 Å². The van der Waals surface area contributed by atoms with Gasteiger partial charge in [0.25, 0.3) is 0 Å². The summed E-state index contributed by atoms with van der Waals surface area (Å²) in [5.74, 6) is 1.53. The van der Waals surface area contributed by atoms with Gasteiger partial charge in [-0.3, -0.25) is 0 Å². The fourth-order valence-corrected chi connectivity index (χ4v) is 2.02. The van der Waals surface area contributed by atoms with Gasteiger partial charge in [-0.15, -0.1) is 0 Å². The van der Waals surface area contributed by atoms with Gasteiger partial charge in [0.2, 0.25) is 6.79 Å². The van der Waals surface area contributed by atoms with E-state index in [0.717, 1.165) is 12.0 Å². The number of ether oxygens (including phenoxy) is 2. The van der Waals surface area contributed by atoms with Crippen LogP contribution in [-0.2, 0) is 6.42 Å². The summed E-state index contributed by atoms with van der Waals surface area (Å²) in [6.07, 6.45) is 1.49. The number of phenolic OH excluding ortho intramolecular Hbond substituents is 1. The third-order valence-corrected chi connectivity index (χ3v) is 2.92. The molecule has 1 aliphatic heterocycles. The van der Waals surface area contributed by atoms with E-state index in [0.29, 0.717) is 28.9 Å². The van der Waals surface area contributed by atoms with Gasteiger partial charge in [-0.2, -0.15) is 0 Å². The molecule has 0 amide bonds. The van der Waals surface area contributed by atoms with Crippen molar-refractivity contribution in [2.75, 3.05) is 13.3 Å². The van der Waals surface area contributed by atoms with Crippen LogP contribution in [0.2, 0.25) is 0 Å². The van der Waals surface area contributed by atoms with E-state index in [1.54, 1.807) is 6.07 Å². The predicted octanol–water partition coefficient (Wildman–Crippen LogP) is 1.77. The zero-order valence-corrected chi connectivity index (χ0v) is 9.71. The van der Waals surface area contributed by atoms with Crippen LogP contribution in [0.4, 0.5) is 0 Å². The van der Waals surface area contributed by atoms with Crippen molar-refractivity contribution in [3.63, 3.8) is 0 Å². The summed E-state index contributed by atoms with van der Waals surface area (Å²) in [6.45, 7) is 0.794. The Bertz CT molecular complexity index is 381. The molecule has 0 spiro atoms. The number of hydrogen-bond donors (Lipinski definition) is 2. The molecule has 0 saturated heterocycles. The highest BCUT2D eigenvalue weighted by molar-refractivity contribution is 9.10. The van der Waals surface area contributed by atoms with Crippen LogP contribution in [0.5, 0.6) is 17.2 Å². The average molecular weight is 274 g/mol. The van der Waals surface area contributed by atoms with E-state index >= 15 is 0 Å². The highest BCUT2D eigenvalue weighted by Crippen LogP contribution is 2.45. The highest BCUT2D eigenvalue weighted by atomic mass is 79.9. The summed E-state index contributed by atoms with van der Waals surface area (Å²) in [5.41, 5.74) is 6.21. The van der Waals surface area contributed by atoms with Crippen molar-refractivity contribution in [1.29, 1.82) is 0 Å². The number of benzene rings is 1. The maximum atomic E-state index is 9.87. The Morgan fingerprint density at radius 2 is 2.27 bits per heavy atom. The summed E-state index contributed by atoms with van der Waals surface area (Å²) in [4.78, 5) is 0. The maximum Gasteiger partial charge on any atom is 0.231 e. The van der Waals surface area contributed by atoms with E-state index in [-0.39, 0.29) is 12.5 Å². The molecule has 0 fully saturated rings. The number of rotatable bonds is 3. The molecule has 3 N–H and O–H groups in total. The predicted molar refractivity (Wildman–Crippen MR) is 59.3 cm³/mol. The third kappa shape index (κ3) is 1.89. The van der Waals surface area contributed by atoms with Crippen molar-refractivity contribution < 1.29 is 14.6 Å². The molecule has 0 saturated carbocycles. The maximum absolute atomic E-state index is 9.87. The highest BCUT2D eigenvalue weighted by Gasteiger charge is 2.22. The van der Waals surface area contributed by atoms with Crippen LogP contribution in [0.25, 0.3) is 0 Å². The minimum Gasteiger partial charge on any atom is -0.506 e. The molecule has 5 heteroatoms. The van der Waals surface area contributed by atoms with Gasteiger partial charge in [-0.05, 0) is 35.3 Å². The monoisotopic (exact) mass is 273 g/mol. The Labute approximate surface area is 96.1 Å². The normalized spacial score (nSPS) is 13.2. The Balaban J connectivity index is 2.41. The van der Waals surface area contributed by atoms with Crippen LogP contribution in [0, 0.1) is 0 Å². The van der Waals surface area contributed by atoms with Crippen LogP contribution in [-0.4, -0.2) is 18.4 Å². The molecular formula is C10H12BrNO3. The van der Waals surface area contributed by atoms with E-state index in [1.165, 1.54) is 0 Å². The summed E-state index contributed by atoms with van der Waals surface area (Å²) in [7, 11) is 0. The van der Waals surface area contributed by atoms with E-state index < -0.39 is 0 Å². The lowest BCUT2D eigenvalue weighted by molar-refractivity contribution is 0.173. The Morgan fingerprint density at radius 1 is 1.47 bits per heavy atom. The van der Waals surface area contributed by atoms with Gasteiger partial charge >= 0.3 is 0 Å². The molecule has 0 aromatic heterocycles. The van der Waals surface area contributed by atoms with Crippen molar-refractivity contribution in [2.45, 2.75) is 12.8 Å². The molecule has 0 bridgehead atoms. The van der Waals surface area contributed by atoms with Crippen molar-refractivity contribution in [3.05, 3.63) is 16.1 Å². The quantitative estimate of drug-likeness (QED) is 0.881. The van der Waals surface area contributed by atoms with E-state index in [2.05, 4.69) is 15.9 Å². The van der Waals surface area contributed by atoms with Crippen LogP contribution < -0.4 is 15.2 Å². The molecule has 82 valence electrons. The molecule has 1 aromatic rings. The fraction of sp³-hybridized carbons (Fsp3) is 0.400. The van der Waals surface area contributed by atoms with Crippen molar-refractivity contribution >= 4 is 15.9 Å². The van der Waals surface area contributed by atoms with Gasteiger partial charge in [0, 0.05) is 11.6 Å². The summed E-state index contributed by atoms with van der Waals surface area (Å²) >= 11 is 3.27. The van der Waals surface area contributed by atoms with Crippen LogP contribution in [0.1, 0.15) is 12.0 Å². The number of nitrogens with two attached hydrogens (primary N) is 1. The molecule has 0 radical (unpaired) electrons. The first-order valence-electron chi connectivity index (χ1n) is 4.74.